The van der Waals surface area contributed by atoms with Crippen molar-refractivity contribution in [3.63, 3.8) is 0 Å². The average Bonchev–Trinajstić information content (AvgIpc) is 3.09. The lowest BCUT2D eigenvalue weighted by Crippen LogP contribution is -2.68. The summed E-state index contributed by atoms with van der Waals surface area (Å²) in [5.74, 6) is 9.44. The third kappa shape index (κ3) is 2.36. The highest BCUT2D eigenvalue weighted by Gasteiger charge is 2.84. The van der Waals surface area contributed by atoms with Gasteiger partial charge >= 0.3 is 0 Å². The van der Waals surface area contributed by atoms with E-state index in [0.717, 1.165) is 37.9 Å². The van der Waals surface area contributed by atoms with Crippen LogP contribution in [-0.2, 0) is 4.74 Å². The maximum Gasteiger partial charge on any atom is 0.0468 e. The molecule has 0 amide bonds. The lowest BCUT2D eigenvalue weighted by atomic mass is 9.35. The zero-order chi connectivity index (χ0) is 25.3. The Morgan fingerprint density at radius 1 is 1.11 bits per heavy atom. The summed E-state index contributed by atoms with van der Waals surface area (Å²) in [5.41, 5.74) is 5.78. The Morgan fingerprint density at radius 3 is 2.84 bits per heavy atom. The Morgan fingerprint density at radius 2 is 1.97 bits per heavy atom. The Bertz CT molecular complexity index is 1160. The topological polar surface area (TPSA) is 12.2 Å². The standard InChI is InChI=1S/C35H49NO/c1-5-37-21-13-27-10-8-17-32(27)22-26(3)34-20-11-25(2)28(34)23-35(32)29-12-19-31(15-7-6-14-30(34,35)4)16-9-18-33(31)24-36(29)33/h12,19,26-27,29H,5,8-11,13-18,20-24H2,1-4H3. The molecule has 0 N–H and O–H groups in total. The fraction of sp³-hybridized carbons (Fsp3) is 0.829. The quantitative estimate of drug-likeness (QED) is 0.170. The molecule has 37 heavy (non-hydrogen) atoms. The van der Waals surface area contributed by atoms with Crippen LogP contribution in [0.4, 0.5) is 0 Å². The zero-order valence-electron chi connectivity index (χ0n) is 24.1. The van der Waals surface area contributed by atoms with Gasteiger partial charge in [0.15, 0.2) is 0 Å². The number of rotatable bonds is 4. The number of hydrogen-bond donors (Lipinski definition) is 0. The molecule has 4 saturated carbocycles. The third-order valence-electron chi connectivity index (χ3n) is 15.0. The van der Waals surface area contributed by atoms with E-state index in [9.17, 15) is 0 Å². The van der Waals surface area contributed by atoms with Gasteiger partial charge in [0.1, 0.15) is 0 Å². The highest BCUT2D eigenvalue weighted by Crippen LogP contribution is 2.87. The van der Waals surface area contributed by atoms with Crippen molar-refractivity contribution in [2.75, 3.05) is 19.8 Å². The molecule has 10 unspecified atom stereocenters. The molecule has 1 saturated heterocycles. The molecule has 4 bridgehead atoms. The average molecular weight is 500 g/mol. The van der Waals surface area contributed by atoms with Crippen LogP contribution < -0.4 is 0 Å². The molecule has 2 aliphatic heterocycles. The number of hydrogen-bond acceptors (Lipinski definition) is 2. The minimum absolute atomic E-state index is 0.251. The van der Waals surface area contributed by atoms with Crippen LogP contribution in [0, 0.1) is 50.8 Å². The van der Waals surface area contributed by atoms with E-state index in [0.29, 0.717) is 33.2 Å². The molecule has 10 atom stereocenters. The van der Waals surface area contributed by atoms with E-state index < -0.39 is 0 Å². The van der Waals surface area contributed by atoms with Gasteiger partial charge in [-0.1, -0.05) is 50.0 Å². The number of nitrogens with zero attached hydrogens (tertiary/aromatic N) is 1. The van der Waals surface area contributed by atoms with Crippen molar-refractivity contribution in [3.8, 4) is 11.8 Å². The zero-order valence-corrected chi connectivity index (χ0v) is 24.1. The van der Waals surface area contributed by atoms with Gasteiger partial charge in [-0.2, -0.15) is 0 Å². The van der Waals surface area contributed by atoms with Crippen molar-refractivity contribution >= 4 is 0 Å². The molecule has 8 rings (SSSR count). The van der Waals surface area contributed by atoms with E-state index in [2.05, 4.69) is 56.6 Å². The van der Waals surface area contributed by atoms with E-state index in [-0.39, 0.29) is 5.41 Å². The summed E-state index contributed by atoms with van der Waals surface area (Å²) < 4.78 is 6.06. The molecule has 200 valence electrons. The fourth-order valence-electron chi connectivity index (χ4n) is 13.7. The molecule has 0 radical (unpaired) electrons. The first-order chi connectivity index (χ1) is 17.9. The molecule has 5 fully saturated rings. The van der Waals surface area contributed by atoms with Crippen molar-refractivity contribution in [3.05, 3.63) is 23.3 Å². The van der Waals surface area contributed by atoms with E-state index >= 15 is 0 Å². The predicted molar refractivity (Wildman–Crippen MR) is 150 cm³/mol. The van der Waals surface area contributed by atoms with Crippen LogP contribution in [0.15, 0.2) is 23.3 Å². The van der Waals surface area contributed by atoms with Crippen LogP contribution in [0.2, 0.25) is 0 Å². The van der Waals surface area contributed by atoms with E-state index in [1.54, 1.807) is 5.57 Å². The molecule has 6 aliphatic carbocycles. The molecule has 2 heteroatoms. The monoisotopic (exact) mass is 499 g/mol. The van der Waals surface area contributed by atoms with Gasteiger partial charge in [-0.15, -0.1) is 11.8 Å². The van der Waals surface area contributed by atoms with E-state index in [1.807, 2.05) is 5.57 Å². The maximum atomic E-state index is 6.06. The van der Waals surface area contributed by atoms with Gasteiger partial charge in [0.2, 0.25) is 0 Å². The first-order valence-corrected chi connectivity index (χ1v) is 16.1. The Hall–Kier alpha value is -1.04. The number of ether oxygens (including phenoxy) is 1. The molecule has 2 nitrogen and oxygen atoms in total. The van der Waals surface area contributed by atoms with Gasteiger partial charge in [0.25, 0.3) is 0 Å². The summed E-state index contributed by atoms with van der Waals surface area (Å²) in [6.45, 7) is 13.3. The van der Waals surface area contributed by atoms with Crippen LogP contribution in [0.3, 0.4) is 0 Å². The Balaban J connectivity index is 1.39. The van der Waals surface area contributed by atoms with Gasteiger partial charge < -0.3 is 4.74 Å². The minimum atomic E-state index is 0.251. The Labute approximate surface area is 226 Å². The minimum Gasteiger partial charge on any atom is -0.382 e. The summed E-state index contributed by atoms with van der Waals surface area (Å²) in [4.78, 5) is 3.10. The second-order valence-corrected chi connectivity index (χ2v) is 15.2. The summed E-state index contributed by atoms with van der Waals surface area (Å²) in [5, 5.41) is 0. The summed E-state index contributed by atoms with van der Waals surface area (Å²) in [6, 6.07) is 0.603. The van der Waals surface area contributed by atoms with E-state index in [1.165, 1.54) is 77.2 Å². The normalized spacial score (nSPS) is 56.1. The number of fused-ring (bicyclic) bond motifs is 2. The molecule has 0 aromatic rings. The lowest BCUT2D eigenvalue weighted by Gasteiger charge is -2.70. The molecule has 0 aromatic heterocycles. The van der Waals surface area contributed by atoms with Crippen molar-refractivity contribution in [1.82, 2.24) is 4.90 Å². The van der Waals surface area contributed by atoms with Gasteiger partial charge in [-0.25, -0.2) is 0 Å². The molecular formula is C35H49NO. The second kappa shape index (κ2) is 7.37. The summed E-state index contributed by atoms with van der Waals surface area (Å²) in [7, 11) is 0. The first-order valence-electron chi connectivity index (χ1n) is 16.1. The van der Waals surface area contributed by atoms with Gasteiger partial charge in [0, 0.05) is 60.4 Å². The molecular weight excluding hydrogens is 450 g/mol. The van der Waals surface area contributed by atoms with Gasteiger partial charge in [0.05, 0.1) is 0 Å². The molecule has 4 spiro atoms. The maximum absolute atomic E-state index is 6.06. The van der Waals surface area contributed by atoms with Crippen LogP contribution >= 0.6 is 0 Å². The fourth-order valence-corrected chi connectivity index (χ4v) is 13.7. The highest BCUT2D eigenvalue weighted by molar-refractivity contribution is 5.49. The lowest BCUT2D eigenvalue weighted by molar-refractivity contribution is -0.210. The van der Waals surface area contributed by atoms with Crippen molar-refractivity contribution in [2.24, 2.45) is 38.9 Å². The van der Waals surface area contributed by atoms with Crippen LogP contribution in [-0.4, -0.2) is 36.2 Å². The Kier molecular flexibility index (Phi) is 4.74. The first kappa shape index (κ1) is 23.8. The highest BCUT2D eigenvalue weighted by atomic mass is 16.5. The molecule has 8 aliphatic rings. The van der Waals surface area contributed by atoms with Crippen LogP contribution in [0.25, 0.3) is 0 Å². The van der Waals surface area contributed by atoms with Crippen molar-refractivity contribution in [2.45, 2.75) is 123 Å². The van der Waals surface area contributed by atoms with Crippen molar-refractivity contribution < 1.29 is 4.74 Å². The van der Waals surface area contributed by atoms with Gasteiger partial charge in [-0.05, 0) is 94.3 Å². The smallest absolute Gasteiger partial charge is 0.0468 e. The SMILES string of the molecule is CCOCCC1CCCC12CC(C)C13CCC(C)=C1CC21C2C=CC4(CC#CCC31C)CCCC41CN21. The van der Waals surface area contributed by atoms with E-state index in [4.69, 9.17) is 4.74 Å². The second-order valence-electron chi connectivity index (χ2n) is 15.2. The third-order valence-corrected chi connectivity index (χ3v) is 15.0. The largest absolute Gasteiger partial charge is 0.382 e. The van der Waals surface area contributed by atoms with Gasteiger partial charge in [-0.3, -0.25) is 4.90 Å². The summed E-state index contributed by atoms with van der Waals surface area (Å²) >= 11 is 0. The van der Waals surface area contributed by atoms with Crippen molar-refractivity contribution in [1.29, 1.82) is 0 Å². The molecule has 0 aromatic carbocycles. The predicted octanol–water partition coefficient (Wildman–Crippen LogP) is 7.69. The van der Waals surface area contributed by atoms with Crippen LogP contribution in [0.5, 0.6) is 0 Å². The molecule has 2 heterocycles. The van der Waals surface area contributed by atoms with Crippen LogP contribution in [0.1, 0.15) is 111 Å². The number of allylic oxidation sites excluding steroid dienone is 2. The summed E-state index contributed by atoms with van der Waals surface area (Å²) in [6.07, 6.45) is 23.1.